The summed E-state index contributed by atoms with van der Waals surface area (Å²) >= 11 is 1.34. The predicted molar refractivity (Wildman–Crippen MR) is 56.1 cm³/mol. The summed E-state index contributed by atoms with van der Waals surface area (Å²) in [4.78, 5) is 18.0. The van der Waals surface area contributed by atoms with E-state index in [0.717, 1.165) is 0 Å². The smallest absolute Gasteiger partial charge is 0.254 e. The van der Waals surface area contributed by atoms with Crippen LogP contribution in [-0.4, -0.2) is 39.6 Å². The molecule has 2 rings (SSSR count). The normalized spacial score (nSPS) is 25.7. The number of nitrogens with one attached hydrogen (secondary N) is 1. The highest BCUT2D eigenvalue weighted by atomic mass is 32.2. The Hall–Kier alpha value is -0.850. The van der Waals surface area contributed by atoms with Gasteiger partial charge in [0.15, 0.2) is 5.16 Å². The number of hydrogen-bond acceptors (Lipinski definition) is 5. The van der Waals surface area contributed by atoms with Crippen molar-refractivity contribution in [1.82, 2.24) is 9.97 Å². The monoisotopic (exact) mass is 228 g/mol. The minimum atomic E-state index is -0.485. The zero-order chi connectivity index (χ0) is 10.8. The minimum absolute atomic E-state index is 0.0455. The van der Waals surface area contributed by atoms with Gasteiger partial charge in [-0.25, -0.2) is 4.98 Å². The number of hydrogen-bond donors (Lipinski definition) is 2. The summed E-state index contributed by atoms with van der Waals surface area (Å²) < 4.78 is 5.10. The van der Waals surface area contributed by atoms with Crippen molar-refractivity contribution in [3.63, 3.8) is 0 Å². The number of aliphatic hydroxyl groups is 1. The van der Waals surface area contributed by atoms with Gasteiger partial charge in [0.1, 0.15) is 0 Å². The number of nitrogens with zero attached hydrogens (tertiary/aromatic N) is 1. The third-order valence-electron chi connectivity index (χ3n) is 2.22. The lowest BCUT2D eigenvalue weighted by atomic mass is 10.3. The van der Waals surface area contributed by atoms with Crippen LogP contribution in [-0.2, 0) is 4.74 Å². The number of rotatable bonds is 2. The highest BCUT2D eigenvalue weighted by Gasteiger charge is 2.27. The highest BCUT2D eigenvalue weighted by molar-refractivity contribution is 7.99. The van der Waals surface area contributed by atoms with E-state index in [1.54, 1.807) is 6.92 Å². The van der Waals surface area contributed by atoms with Gasteiger partial charge in [-0.15, -0.1) is 0 Å². The maximum Gasteiger partial charge on any atom is 0.254 e. The molecule has 15 heavy (non-hydrogen) atoms. The number of thioether (sulfide) groups is 1. The number of ether oxygens (including phenoxy) is 1. The topological polar surface area (TPSA) is 75.2 Å². The van der Waals surface area contributed by atoms with E-state index < -0.39 is 6.10 Å². The Bertz CT molecular complexity index is 407. The second-order valence-corrected chi connectivity index (χ2v) is 4.69. The van der Waals surface area contributed by atoms with Crippen molar-refractivity contribution in [1.29, 1.82) is 0 Å². The molecule has 0 unspecified atom stereocenters. The molecule has 0 radical (unpaired) electrons. The number of aryl methyl sites for hydroxylation is 1. The SMILES string of the molecule is Cc1cnc(S[C@@H]2COC[C@H]2O)[nH]c1=O. The molecule has 0 saturated carbocycles. The van der Waals surface area contributed by atoms with Crippen LogP contribution in [0.4, 0.5) is 0 Å². The lowest BCUT2D eigenvalue weighted by Crippen LogP contribution is -2.21. The molecule has 2 heterocycles. The zero-order valence-corrected chi connectivity index (χ0v) is 9.08. The van der Waals surface area contributed by atoms with Gasteiger partial charge in [-0.1, -0.05) is 11.8 Å². The average molecular weight is 228 g/mol. The van der Waals surface area contributed by atoms with E-state index in [1.165, 1.54) is 18.0 Å². The Kier molecular flexibility index (Phi) is 3.08. The van der Waals surface area contributed by atoms with Crippen LogP contribution < -0.4 is 5.56 Å². The molecule has 1 aromatic rings. The Balaban J connectivity index is 2.10. The molecule has 0 spiro atoms. The Morgan fingerprint density at radius 3 is 3.07 bits per heavy atom. The molecule has 5 nitrogen and oxygen atoms in total. The quantitative estimate of drug-likeness (QED) is 0.693. The molecule has 0 aliphatic carbocycles. The molecule has 1 fully saturated rings. The second-order valence-electron chi connectivity index (χ2n) is 3.46. The molecule has 1 aliphatic rings. The first kappa shape index (κ1) is 10.7. The molecule has 1 aliphatic heterocycles. The van der Waals surface area contributed by atoms with Gasteiger partial charge in [-0.3, -0.25) is 4.79 Å². The largest absolute Gasteiger partial charge is 0.389 e. The molecule has 1 aromatic heterocycles. The molecular weight excluding hydrogens is 216 g/mol. The third-order valence-corrected chi connectivity index (χ3v) is 3.40. The van der Waals surface area contributed by atoms with E-state index in [4.69, 9.17) is 4.74 Å². The van der Waals surface area contributed by atoms with Crippen molar-refractivity contribution in [3.05, 3.63) is 22.1 Å². The zero-order valence-electron chi connectivity index (χ0n) is 8.27. The van der Waals surface area contributed by atoms with E-state index in [0.29, 0.717) is 23.9 Å². The second kappa shape index (κ2) is 4.34. The minimum Gasteiger partial charge on any atom is -0.389 e. The summed E-state index contributed by atoms with van der Waals surface area (Å²) in [6, 6.07) is 0. The van der Waals surface area contributed by atoms with Crippen molar-refractivity contribution < 1.29 is 9.84 Å². The average Bonchev–Trinajstić information content (AvgIpc) is 2.59. The maximum atomic E-state index is 11.3. The third kappa shape index (κ3) is 2.39. The standard InChI is InChI=1S/C9H12N2O3S/c1-5-2-10-9(11-8(5)13)15-7-4-14-3-6(7)12/h2,6-7,12H,3-4H2,1H3,(H,10,11,13)/t6-,7-/m1/s1. The molecule has 82 valence electrons. The van der Waals surface area contributed by atoms with Crippen LogP contribution in [0, 0.1) is 6.92 Å². The van der Waals surface area contributed by atoms with Crippen LogP contribution in [0.25, 0.3) is 0 Å². The van der Waals surface area contributed by atoms with Gasteiger partial charge in [-0.05, 0) is 6.92 Å². The van der Waals surface area contributed by atoms with Crippen LogP contribution >= 0.6 is 11.8 Å². The fourth-order valence-corrected chi connectivity index (χ4v) is 2.23. The van der Waals surface area contributed by atoms with Crippen molar-refractivity contribution in [3.8, 4) is 0 Å². The molecule has 1 saturated heterocycles. The van der Waals surface area contributed by atoms with Crippen LogP contribution in [0.5, 0.6) is 0 Å². The van der Waals surface area contributed by atoms with Gasteiger partial charge in [-0.2, -0.15) is 0 Å². The highest BCUT2D eigenvalue weighted by Crippen LogP contribution is 2.25. The van der Waals surface area contributed by atoms with E-state index in [2.05, 4.69) is 9.97 Å². The van der Waals surface area contributed by atoms with Crippen LogP contribution in [0.2, 0.25) is 0 Å². The predicted octanol–water partition coefficient (Wildman–Crippen LogP) is -0.0699. The van der Waals surface area contributed by atoms with E-state index >= 15 is 0 Å². The Labute approximate surface area is 90.9 Å². The molecular formula is C9H12N2O3S. The summed E-state index contributed by atoms with van der Waals surface area (Å²) in [5, 5.41) is 9.99. The van der Waals surface area contributed by atoms with Crippen molar-refractivity contribution in [2.75, 3.05) is 13.2 Å². The molecule has 6 heteroatoms. The number of aromatic amines is 1. The van der Waals surface area contributed by atoms with Crippen molar-refractivity contribution >= 4 is 11.8 Å². The summed E-state index contributed by atoms with van der Waals surface area (Å²) in [6.07, 6.45) is 1.05. The van der Waals surface area contributed by atoms with E-state index in [-0.39, 0.29) is 10.8 Å². The Morgan fingerprint density at radius 2 is 2.47 bits per heavy atom. The fourth-order valence-electron chi connectivity index (χ4n) is 1.28. The van der Waals surface area contributed by atoms with Crippen LogP contribution in [0.1, 0.15) is 5.56 Å². The molecule has 2 atom stereocenters. The summed E-state index contributed by atoms with van der Waals surface area (Å²) in [6.45, 7) is 2.55. The van der Waals surface area contributed by atoms with Gasteiger partial charge < -0.3 is 14.8 Å². The fraction of sp³-hybridized carbons (Fsp3) is 0.556. The summed E-state index contributed by atoms with van der Waals surface area (Å²) in [7, 11) is 0. The molecule has 2 N–H and O–H groups in total. The van der Waals surface area contributed by atoms with Crippen molar-refractivity contribution in [2.45, 2.75) is 23.4 Å². The van der Waals surface area contributed by atoms with E-state index in [1.807, 2.05) is 0 Å². The lowest BCUT2D eigenvalue weighted by molar-refractivity contribution is 0.127. The van der Waals surface area contributed by atoms with Crippen molar-refractivity contribution in [2.24, 2.45) is 0 Å². The van der Waals surface area contributed by atoms with Gasteiger partial charge in [0, 0.05) is 11.8 Å². The number of aromatic nitrogens is 2. The first-order chi connectivity index (χ1) is 7.16. The molecule has 0 aromatic carbocycles. The van der Waals surface area contributed by atoms with Gasteiger partial charge in [0.25, 0.3) is 5.56 Å². The summed E-state index contributed by atoms with van der Waals surface area (Å²) in [5.74, 6) is 0. The first-order valence-electron chi connectivity index (χ1n) is 4.65. The maximum absolute atomic E-state index is 11.3. The molecule has 0 bridgehead atoms. The number of aliphatic hydroxyl groups excluding tert-OH is 1. The van der Waals surface area contributed by atoms with Gasteiger partial charge in [0.05, 0.1) is 24.6 Å². The first-order valence-corrected chi connectivity index (χ1v) is 5.53. The summed E-state index contributed by atoms with van der Waals surface area (Å²) in [5.41, 5.74) is 0.448. The van der Waals surface area contributed by atoms with Crippen LogP contribution in [0.15, 0.2) is 16.1 Å². The number of H-pyrrole nitrogens is 1. The Morgan fingerprint density at radius 1 is 1.67 bits per heavy atom. The lowest BCUT2D eigenvalue weighted by Gasteiger charge is -2.10. The van der Waals surface area contributed by atoms with Crippen LogP contribution in [0.3, 0.4) is 0 Å². The van der Waals surface area contributed by atoms with Gasteiger partial charge >= 0.3 is 0 Å². The van der Waals surface area contributed by atoms with E-state index in [9.17, 15) is 9.90 Å². The molecule has 0 amide bonds. The van der Waals surface area contributed by atoms with Gasteiger partial charge in [0.2, 0.25) is 0 Å².